The van der Waals surface area contributed by atoms with E-state index in [4.69, 9.17) is 9.72 Å². The van der Waals surface area contributed by atoms with Crippen LogP contribution < -0.4 is 0 Å². The molecule has 5 rings (SSSR count). The van der Waals surface area contributed by atoms with Crippen LogP contribution in [0.25, 0.3) is 0 Å². The van der Waals surface area contributed by atoms with E-state index in [1.807, 2.05) is 29.3 Å². The molecule has 4 aromatic rings. The summed E-state index contributed by atoms with van der Waals surface area (Å²) < 4.78 is 7.61. The lowest BCUT2D eigenvalue weighted by Crippen LogP contribution is -2.42. The van der Waals surface area contributed by atoms with Gasteiger partial charge in [-0.3, -0.25) is 4.79 Å². The maximum absolute atomic E-state index is 12.9. The molecule has 176 valence electrons. The quantitative estimate of drug-likeness (QED) is 0.350. The lowest BCUT2D eigenvalue weighted by molar-refractivity contribution is -0.127. The molecule has 5 heteroatoms. The number of imidazole rings is 1. The van der Waals surface area contributed by atoms with Crippen molar-refractivity contribution in [1.29, 1.82) is 0 Å². The third-order valence-electron chi connectivity index (χ3n) is 6.74. The molecule has 1 amide bonds. The summed E-state index contributed by atoms with van der Waals surface area (Å²) in [7, 11) is 1.61. The minimum atomic E-state index is -0.661. The highest BCUT2D eigenvalue weighted by Crippen LogP contribution is 2.42. The normalized spacial score (nSPS) is 14.1. The van der Waals surface area contributed by atoms with Crippen LogP contribution in [0.5, 0.6) is 0 Å². The first-order chi connectivity index (χ1) is 17.1. The van der Waals surface area contributed by atoms with Gasteiger partial charge < -0.3 is 14.2 Å². The van der Waals surface area contributed by atoms with Crippen molar-refractivity contribution in [2.45, 2.75) is 25.4 Å². The Bertz CT molecular complexity index is 1230. The van der Waals surface area contributed by atoms with Crippen LogP contribution in [0.2, 0.25) is 0 Å². The SMILES string of the molecule is COC1=CC(=O)N(Cc2ncc(C)n2C(c2ccccc2)(c2ccccc2)c2ccccc2)CC1. The topological polar surface area (TPSA) is 47.4 Å². The molecule has 2 heterocycles. The van der Waals surface area contributed by atoms with Crippen molar-refractivity contribution < 1.29 is 9.53 Å². The van der Waals surface area contributed by atoms with Gasteiger partial charge in [-0.05, 0) is 23.6 Å². The van der Waals surface area contributed by atoms with Crippen LogP contribution in [0.15, 0.2) is 109 Å². The molecule has 5 nitrogen and oxygen atoms in total. The first-order valence-corrected chi connectivity index (χ1v) is 11.9. The van der Waals surface area contributed by atoms with Gasteiger partial charge in [0.15, 0.2) is 0 Å². The second-order valence-corrected chi connectivity index (χ2v) is 8.78. The molecule has 0 N–H and O–H groups in total. The molecule has 1 aromatic heterocycles. The highest BCUT2D eigenvalue weighted by atomic mass is 16.5. The fourth-order valence-corrected chi connectivity index (χ4v) is 5.13. The van der Waals surface area contributed by atoms with Crippen LogP contribution in [0, 0.1) is 6.92 Å². The van der Waals surface area contributed by atoms with Crippen LogP contribution in [0.1, 0.15) is 34.6 Å². The zero-order valence-electron chi connectivity index (χ0n) is 20.1. The number of methoxy groups -OCH3 is 1. The predicted octanol–water partition coefficient (Wildman–Crippen LogP) is 5.29. The number of amides is 1. The van der Waals surface area contributed by atoms with Gasteiger partial charge in [-0.15, -0.1) is 0 Å². The smallest absolute Gasteiger partial charge is 0.250 e. The standard InChI is InChI=1S/C30H29N3O2/c1-23-21-31-28(22-32-19-18-27(35-2)20-29(32)34)33(23)30(24-12-6-3-7-13-24,25-14-8-4-9-15-25)26-16-10-5-11-17-26/h3-17,20-21H,18-19,22H2,1-2H3. The maximum Gasteiger partial charge on any atom is 0.250 e. The Balaban J connectivity index is 1.75. The first-order valence-electron chi connectivity index (χ1n) is 11.9. The summed E-state index contributed by atoms with van der Waals surface area (Å²) in [6.07, 6.45) is 4.19. The average molecular weight is 464 g/mol. The zero-order valence-corrected chi connectivity index (χ0v) is 20.1. The molecule has 0 bridgehead atoms. The summed E-state index contributed by atoms with van der Waals surface area (Å²) in [5.41, 5.74) is 3.75. The minimum Gasteiger partial charge on any atom is -0.501 e. The van der Waals surface area contributed by atoms with E-state index in [1.54, 1.807) is 13.2 Å². The molecule has 0 saturated heterocycles. The fraction of sp³-hybridized carbons (Fsp3) is 0.200. The van der Waals surface area contributed by atoms with E-state index >= 15 is 0 Å². The van der Waals surface area contributed by atoms with Crippen molar-refractivity contribution in [3.8, 4) is 0 Å². The van der Waals surface area contributed by atoms with Gasteiger partial charge in [0, 0.05) is 30.9 Å². The van der Waals surface area contributed by atoms with Crippen LogP contribution in [0.4, 0.5) is 0 Å². The Hall–Kier alpha value is -4.12. The Morgan fingerprint density at radius 1 is 0.857 bits per heavy atom. The number of hydrogen-bond donors (Lipinski definition) is 0. The molecule has 0 atom stereocenters. The number of benzene rings is 3. The van der Waals surface area contributed by atoms with Gasteiger partial charge >= 0.3 is 0 Å². The van der Waals surface area contributed by atoms with E-state index in [1.165, 1.54) is 0 Å². The van der Waals surface area contributed by atoms with Gasteiger partial charge in [-0.25, -0.2) is 4.98 Å². The summed E-state index contributed by atoms with van der Waals surface area (Å²) in [4.78, 5) is 19.6. The van der Waals surface area contributed by atoms with Crippen molar-refractivity contribution in [1.82, 2.24) is 14.5 Å². The number of carbonyl (C=O) groups excluding carboxylic acids is 1. The van der Waals surface area contributed by atoms with E-state index in [2.05, 4.69) is 84.3 Å². The predicted molar refractivity (Wildman–Crippen MR) is 137 cm³/mol. The second-order valence-electron chi connectivity index (χ2n) is 8.78. The van der Waals surface area contributed by atoms with Crippen molar-refractivity contribution in [3.63, 3.8) is 0 Å². The minimum absolute atomic E-state index is 0.0509. The Labute approximate surface area is 206 Å². The zero-order chi connectivity index (χ0) is 24.3. The number of ether oxygens (including phenoxy) is 1. The molecule has 1 aliphatic rings. The van der Waals surface area contributed by atoms with Gasteiger partial charge in [0.1, 0.15) is 17.1 Å². The number of nitrogens with zero attached hydrogens (tertiary/aromatic N) is 3. The van der Waals surface area contributed by atoms with E-state index < -0.39 is 5.54 Å². The highest BCUT2D eigenvalue weighted by Gasteiger charge is 2.41. The number of aromatic nitrogens is 2. The molecule has 35 heavy (non-hydrogen) atoms. The third kappa shape index (κ3) is 4.03. The number of carbonyl (C=O) groups is 1. The molecule has 0 spiro atoms. The molecule has 0 fully saturated rings. The Kier molecular flexibility index (Phi) is 6.23. The molecule has 0 radical (unpaired) electrons. The number of aryl methyl sites for hydroxylation is 1. The Morgan fingerprint density at radius 2 is 1.37 bits per heavy atom. The van der Waals surface area contributed by atoms with Crippen molar-refractivity contribution in [2.75, 3.05) is 13.7 Å². The fourth-order valence-electron chi connectivity index (χ4n) is 5.13. The second kappa shape index (κ2) is 9.63. The maximum atomic E-state index is 12.9. The van der Waals surface area contributed by atoms with E-state index in [0.717, 1.165) is 34.0 Å². The van der Waals surface area contributed by atoms with Crippen molar-refractivity contribution in [3.05, 3.63) is 137 Å². The summed E-state index contributed by atoms with van der Waals surface area (Å²) in [6.45, 7) is 3.09. The summed E-state index contributed by atoms with van der Waals surface area (Å²) >= 11 is 0. The molecule has 1 aliphatic heterocycles. The number of hydrogen-bond acceptors (Lipinski definition) is 3. The van der Waals surface area contributed by atoms with Crippen molar-refractivity contribution in [2.24, 2.45) is 0 Å². The highest BCUT2D eigenvalue weighted by molar-refractivity contribution is 5.88. The lowest BCUT2D eigenvalue weighted by atomic mass is 9.76. The monoisotopic (exact) mass is 463 g/mol. The summed E-state index contributed by atoms with van der Waals surface area (Å²) in [5, 5.41) is 0. The van der Waals surface area contributed by atoms with Crippen molar-refractivity contribution >= 4 is 5.91 Å². The van der Waals surface area contributed by atoms with E-state index in [9.17, 15) is 4.79 Å². The molecular formula is C30H29N3O2. The summed E-state index contributed by atoms with van der Waals surface area (Å²) in [6, 6.07) is 31.6. The van der Waals surface area contributed by atoms with Gasteiger partial charge in [0.05, 0.1) is 13.7 Å². The molecule has 3 aromatic carbocycles. The Morgan fingerprint density at radius 3 is 1.83 bits per heavy atom. The van der Waals surface area contributed by atoms with Gasteiger partial charge in [0.25, 0.3) is 0 Å². The van der Waals surface area contributed by atoms with Crippen LogP contribution >= 0.6 is 0 Å². The molecule has 0 aliphatic carbocycles. The van der Waals surface area contributed by atoms with Gasteiger partial charge in [0.2, 0.25) is 5.91 Å². The molecular weight excluding hydrogens is 434 g/mol. The van der Waals surface area contributed by atoms with E-state index in [-0.39, 0.29) is 5.91 Å². The lowest BCUT2D eigenvalue weighted by Gasteiger charge is -2.40. The van der Waals surface area contributed by atoms with Crippen LogP contribution in [0.3, 0.4) is 0 Å². The molecule has 0 unspecified atom stereocenters. The number of rotatable bonds is 7. The van der Waals surface area contributed by atoms with Gasteiger partial charge in [-0.2, -0.15) is 0 Å². The van der Waals surface area contributed by atoms with Gasteiger partial charge in [-0.1, -0.05) is 91.0 Å². The van der Waals surface area contributed by atoms with Crippen LogP contribution in [-0.2, 0) is 21.6 Å². The van der Waals surface area contributed by atoms with E-state index in [0.29, 0.717) is 19.5 Å². The molecule has 0 saturated carbocycles. The third-order valence-corrected chi connectivity index (χ3v) is 6.74. The van der Waals surface area contributed by atoms with Crippen LogP contribution in [-0.4, -0.2) is 34.0 Å². The first kappa shape index (κ1) is 22.7. The largest absolute Gasteiger partial charge is 0.501 e. The summed E-state index contributed by atoms with van der Waals surface area (Å²) in [5.74, 6) is 1.50. The average Bonchev–Trinajstić information content (AvgIpc) is 3.28.